The van der Waals surface area contributed by atoms with E-state index in [0.29, 0.717) is 0 Å². The van der Waals surface area contributed by atoms with E-state index in [4.69, 9.17) is 0 Å². The van der Waals surface area contributed by atoms with Gasteiger partial charge in [0.05, 0.1) is 0 Å². The lowest BCUT2D eigenvalue weighted by molar-refractivity contribution is 0.205. The standard InChI is InChI=1S/C14H20N2O/c1-3-16(2)14(17)15-13-9-8-11-6-4-5-7-12(11)10-13/h4-7,13H,3,8-10H2,1-2H3,(H,15,17). The molecule has 3 nitrogen and oxygen atoms in total. The smallest absolute Gasteiger partial charge is 0.317 e. The zero-order valence-corrected chi connectivity index (χ0v) is 10.6. The molecule has 1 aliphatic rings. The predicted molar refractivity (Wildman–Crippen MR) is 69.1 cm³/mol. The maximum atomic E-state index is 11.8. The minimum Gasteiger partial charge on any atom is -0.335 e. The fraction of sp³-hybridized carbons (Fsp3) is 0.500. The summed E-state index contributed by atoms with van der Waals surface area (Å²) in [5.74, 6) is 0. The molecule has 92 valence electrons. The molecule has 0 saturated carbocycles. The topological polar surface area (TPSA) is 32.3 Å². The Bertz CT molecular complexity index is 403. The maximum Gasteiger partial charge on any atom is 0.317 e. The molecule has 0 heterocycles. The first kappa shape index (κ1) is 12.0. The Kier molecular flexibility index (Phi) is 3.67. The number of benzene rings is 1. The lowest BCUT2D eigenvalue weighted by Gasteiger charge is -2.27. The molecule has 1 N–H and O–H groups in total. The summed E-state index contributed by atoms with van der Waals surface area (Å²) in [7, 11) is 1.83. The van der Waals surface area contributed by atoms with Gasteiger partial charge in [0, 0.05) is 19.6 Å². The number of aryl methyl sites for hydroxylation is 1. The van der Waals surface area contributed by atoms with Gasteiger partial charge in [0.15, 0.2) is 0 Å². The Morgan fingerprint density at radius 1 is 1.41 bits per heavy atom. The van der Waals surface area contributed by atoms with Crippen molar-refractivity contribution in [3.05, 3.63) is 35.4 Å². The van der Waals surface area contributed by atoms with Crippen LogP contribution in [0.15, 0.2) is 24.3 Å². The van der Waals surface area contributed by atoms with Crippen molar-refractivity contribution >= 4 is 6.03 Å². The van der Waals surface area contributed by atoms with E-state index in [-0.39, 0.29) is 12.1 Å². The molecule has 0 radical (unpaired) electrons. The van der Waals surface area contributed by atoms with Crippen LogP contribution in [0.5, 0.6) is 0 Å². The third kappa shape index (κ3) is 2.78. The number of nitrogens with zero attached hydrogens (tertiary/aromatic N) is 1. The van der Waals surface area contributed by atoms with E-state index >= 15 is 0 Å². The van der Waals surface area contributed by atoms with Crippen LogP contribution >= 0.6 is 0 Å². The van der Waals surface area contributed by atoms with Crippen molar-refractivity contribution in [3.63, 3.8) is 0 Å². The molecule has 1 aliphatic carbocycles. The van der Waals surface area contributed by atoms with E-state index in [1.807, 2.05) is 14.0 Å². The van der Waals surface area contributed by atoms with Gasteiger partial charge in [-0.1, -0.05) is 24.3 Å². The molecular weight excluding hydrogens is 212 g/mol. The molecule has 1 atom stereocenters. The van der Waals surface area contributed by atoms with Crippen LogP contribution in [-0.2, 0) is 12.8 Å². The van der Waals surface area contributed by atoms with Gasteiger partial charge in [-0.15, -0.1) is 0 Å². The van der Waals surface area contributed by atoms with Gasteiger partial charge in [0.1, 0.15) is 0 Å². The molecule has 1 unspecified atom stereocenters. The van der Waals surface area contributed by atoms with E-state index in [1.54, 1.807) is 4.90 Å². The molecule has 17 heavy (non-hydrogen) atoms. The molecule has 0 fully saturated rings. The number of carbonyl (C=O) groups is 1. The van der Waals surface area contributed by atoms with Gasteiger partial charge in [-0.25, -0.2) is 4.79 Å². The number of urea groups is 1. The van der Waals surface area contributed by atoms with Crippen LogP contribution in [-0.4, -0.2) is 30.6 Å². The van der Waals surface area contributed by atoms with Crippen molar-refractivity contribution in [1.82, 2.24) is 10.2 Å². The lowest BCUT2D eigenvalue weighted by Crippen LogP contribution is -2.45. The van der Waals surface area contributed by atoms with Crippen LogP contribution in [0.25, 0.3) is 0 Å². The largest absolute Gasteiger partial charge is 0.335 e. The summed E-state index contributed by atoms with van der Waals surface area (Å²) in [6.07, 6.45) is 3.07. The van der Waals surface area contributed by atoms with E-state index in [2.05, 4.69) is 29.6 Å². The van der Waals surface area contributed by atoms with Crippen molar-refractivity contribution in [2.24, 2.45) is 0 Å². The second kappa shape index (κ2) is 5.21. The van der Waals surface area contributed by atoms with Gasteiger partial charge in [0.2, 0.25) is 0 Å². The van der Waals surface area contributed by atoms with Crippen molar-refractivity contribution in [2.45, 2.75) is 32.2 Å². The molecular formula is C14H20N2O. The van der Waals surface area contributed by atoms with E-state index in [0.717, 1.165) is 25.8 Å². The van der Waals surface area contributed by atoms with Crippen LogP contribution in [0.2, 0.25) is 0 Å². The summed E-state index contributed by atoms with van der Waals surface area (Å²) in [5.41, 5.74) is 2.81. The van der Waals surface area contributed by atoms with Crippen LogP contribution in [0.1, 0.15) is 24.5 Å². The minimum absolute atomic E-state index is 0.0388. The van der Waals surface area contributed by atoms with Crippen molar-refractivity contribution in [1.29, 1.82) is 0 Å². The molecule has 3 heteroatoms. The Morgan fingerprint density at radius 2 is 2.12 bits per heavy atom. The Balaban J connectivity index is 1.96. The molecule has 2 rings (SSSR count). The van der Waals surface area contributed by atoms with E-state index in [9.17, 15) is 4.79 Å². The fourth-order valence-corrected chi connectivity index (χ4v) is 2.25. The van der Waals surface area contributed by atoms with E-state index in [1.165, 1.54) is 11.1 Å². The zero-order chi connectivity index (χ0) is 12.3. The highest BCUT2D eigenvalue weighted by Gasteiger charge is 2.20. The average molecular weight is 232 g/mol. The quantitative estimate of drug-likeness (QED) is 0.833. The summed E-state index contributed by atoms with van der Waals surface area (Å²) >= 11 is 0. The number of nitrogens with one attached hydrogen (secondary N) is 1. The maximum absolute atomic E-state index is 11.8. The van der Waals surface area contributed by atoms with Gasteiger partial charge in [-0.2, -0.15) is 0 Å². The second-order valence-electron chi connectivity index (χ2n) is 4.67. The highest BCUT2D eigenvalue weighted by atomic mass is 16.2. The van der Waals surface area contributed by atoms with Gasteiger partial charge >= 0.3 is 6.03 Å². The van der Waals surface area contributed by atoms with Crippen molar-refractivity contribution in [3.8, 4) is 0 Å². The molecule has 0 spiro atoms. The van der Waals surface area contributed by atoms with Crippen molar-refractivity contribution < 1.29 is 4.79 Å². The fourth-order valence-electron chi connectivity index (χ4n) is 2.25. The summed E-state index contributed by atoms with van der Waals surface area (Å²) in [5, 5.41) is 3.10. The van der Waals surface area contributed by atoms with Crippen LogP contribution in [0.3, 0.4) is 0 Å². The molecule has 1 aromatic rings. The first-order valence-corrected chi connectivity index (χ1v) is 6.29. The van der Waals surface area contributed by atoms with Crippen molar-refractivity contribution in [2.75, 3.05) is 13.6 Å². The Labute approximate surface area is 103 Å². The molecule has 2 amide bonds. The SMILES string of the molecule is CCN(C)C(=O)NC1CCc2ccccc2C1. The molecule has 0 aliphatic heterocycles. The minimum atomic E-state index is 0.0388. The monoisotopic (exact) mass is 232 g/mol. The summed E-state index contributed by atoms with van der Waals surface area (Å²) in [4.78, 5) is 13.5. The Morgan fingerprint density at radius 3 is 2.82 bits per heavy atom. The lowest BCUT2D eigenvalue weighted by atomic mass is 9.88. The predicted octanol–water partition coefficient (Wildman–Crippen LogP) is 2.21. The highest BCUT2D eigenvalue weighted by molar-refractivity contribution is 5.74. The number of amides is 2. The van der Waals surface area contributed by atoms with Gasteiger partial charge < -0.3 is 10.2 Å². The first-order valence-electron chi connectivity index (χ1n) is 6.29. The van der Waals surface area contributed by atoms with Crippen LogP contribution in [0, 0.1) is 0 Å². The summed E-state index contributed by atoms with van der Waals surface area (Å²) < 4.78 is 0. The highest BCUT2D eigenvalue weighted by Crippen LogP contribution is 2.20. The summed E-state index contributed by atoms with van der Waals surface area (Å²) in [6.45, 7) is 2.73. The van der Waals surface area contributed by atoms with Gasteiger partial charge in [0.25, 0.3) is 0 Å². The van der Waals surface area contributed by atoms with Gasteiger partial charge in [-0.3, -0.25) is 0 Å². The number of hydrogen-bond acceptors (Lipinski definition) is 1. The zero-order valence-electron chi connectivity index (χ0n) is 10.6. The number of rotatable bonds is 2. The average Bonchev–Trinajstić information content (AvgIpc) is 2.37. The molecule has 0 saturated heterocycles. The van der Waals surface area contributed by atoms with Crippen LogP contribution in [0.4, 0.5) is 4.79 Å². The molecule has 0 bridgehead atoms. The number of hydrogen-bond donors (Lipinski definition) is 1. The Hall–Kier alpha value is -1.51. The number of carbonyl (C=O) groups excluding carboxylic acids is 1. The van der Waals surface area contributed by atoms with E-state index < -0.39 is 0 Å². The first-order chi connectivity index (χ1) is 8.20. The normalized spacial score (nSPS) is 18.4. The summed E-state index contributed by atoms with van der Waals surface area (Å²) in [6, 6.07) is 8.83. The molecule has 1 aromatic carbocycles. The van der Waals surface area contributed by atoms with Crippen LogP contribution < -0.4 is 5.32 Å². The third-order valence-electron chi connectivity index (χ3n) is 3.50. The van der Waals surface area contributed by atoms with Gasteiger partial charge in [-0.05, 0) is 37.3 Å². The molecule has 0 aromatic heterocycles. The third-order valence-corrected chi connectivity index (χ3v) is 3.50. The second-order valence-corrected chi connectivity index (χ2v) is 4.67. The number of fused-ring (bicyclic) bond motifs is 1.